The van der Waals surface area contributed by atoms with E-state index in [2.05, 4.69) is 20.4 Å². The molecular formula is C22H17F2N5O2. The highest BCUT2D eigenvalue weighted by atomic mass is 19.1. The number of nitrogens with zero attached hydrogens (tertiary/aromatic N) is 4. The molecule has 4 aromatic rings. The van der Waals surface area contributed by atoms with E-state index in [0.717, 1.165) is 17.7 Å². The lowest BCUT2D eigenvalue weighted by Crippen LogP contribution is -2.13. The zero-order valence-electron chi connectivity index (χ0n) is 16.6. The molecule has 0 saturated carbocycles. The van der Waals surface area contributed by atoms with Gasteiger partial charge in [-0.3, -0.25) is 9.48 Å². The Labute approximate surface area is 176 Å². The fraction of sp³-hybridized carbons (Fsp3) is 0.0909. The van der Waals surface area contributed by atoms with E-state index in [1.807, 2.05) is 0 Å². The van der Waals surface area contributed by atoms with Gasteiger partial charge in [0.1, 0.15) is 23.1 Å². The Bertz CT molecular complexity index is 1260. The average molecular weight is 421 g/mol. The van der Waals surface area contributed by atoms with E-state index in [-0.39, 0.29) is 22.8 Å². The highest BCUT2D eigenvalue weighted by Crippen LogP contribution is 2.28. The van der Waals surface area contributed by atoms with Crippen molar-refractivity contribution in [2.45, 2.75) is 6.92 Å². The summed E-state index contributed by atoms with van der Waals surface area (Å²) in [6.45, 7) is 1.80. The number of rotatable bonds is 5. The van der Waals surface area contributed by atoms with Crippen molar-refractivity contribution in [2.75, 3.05) is 5.32 Å². The van der Waals surface area contributed by atoms with Crippen LogP contribution in [-0.4, -0.2) is 25.7 Å². The second kappa shape index (κ2) is 8.31. The molecule has 156 valence electrons. The van der Waals surface area contributed by atoms with Crippen LogP contribution in [0.15, 0.2) is 61.1 Å². The molecule has 0 aliphatic rings. The van der Waals surface area contributed by atoms with Gasteiger partial charge in [0, 0.05) is 43.0 Å². The Morgan fingerprint density at radius 3 is 2.58 bits per heavy atom. The predicted molar refractivity (Wildman–Crippen MR) is 110 cm³/mol. The van der Waals surface area contributed by atoms with Crippen LogP contribution in [0.2, 0.25) is 0 Å². The Kier molecular flexibility index (Phi) is 5.40. The molecule has 0 spiro atoms. The number of aryl methyl sites for hydroxylation is 2. The van der Waals surface area contributed by atoms with Crippen molar-refractivity contribution < 1.29 is 18.3 Å². The standard InChI is InChI=1S/C22H17F2N5O2/c1-13-10-15(31-22-25-8-3-9-26-22)5-7-19(13)27-21(30)17-12-29(2)28-20(17)16-6-4-14(23)11-18(16)24/h3-12H,1-2H3,(H,27,30). The fourth-order valence-corrected chi connectivity index (χ4v) is 3.01. The van der Waals surface area contributed by atoms with E-state index in [9.17, 15) is 13.6 Å². The number of ether oxygens (including phenoxy) is 1. The third-order valence-electron chi connectivity index (χ3n) is 4.46. The predicted octanol–water partition coefficient (Wildman–Crippen LogP) is 4.51. The van der Waals surface area contributed by atoms with Crippen molar-refractivity contribution >= 4 is 11.6 Å². The van der Waals surface area contributed by atoms with E-state index in [1.165, 1.54) is 16.9 Å². The lowest BCUT2D eigenvalue weighted by molar-refractivity contribution is 0.102. The number of carbonyl (C=O) groups excluding carboxylic acids is 1. The van der Waals surface area contributed by atoms with Crippen molar-refractivity contribution in [1.82, 2.24) is 19.7 Å². The maximum atomic E-state index is 14.3. The molecule has 0 fully saturated rings. The molecule has 1 amide bonds. The number of hydrogen-bond acceptors (Lipinski definition) is 5. The summed E-state index contributed by atoms with van der Waals surface area (Å²) in [7, 11) is 1.62. The molecule has 0 aliphatic heterocycles. The molecule has 0 aliphatic carbocycles. The van der Waals surface area contributed by atoms with Crippen LogP contribution < -0.4 is 10.1 Å². The summed E-state index contributed by atoms with van der Waals surface area (Å²) in [5.41, 5.74) is 1.60. The van der Waals surface area contributed by atoms with Gasteiger partial charge in [0.2, 0.25) is 0 Å². The van der Waals surface area contributed by atoms with Gasteiger partial charge in [0.15, 0.2) is 0 Å². The van der Waals surface area contributed by atoms with Crippen molar-refractivity contribution in [3.05, 3.63) is 83.8 Å². The molecular weight excluding hydrogens is 404 g/mol. The monoisotopic (exact) mass is 421 g/mol. The molecule has 2 aromatic carbocycles. The SMILES string of the molecule is Cc1cc(Oc2ncccn2)ccc1NC(=O)c1cn(C)nc1-c1ccc(F)cc1F. The first-order valence-electron chi connectivity index (χ1n) is 9.26. The zero-order chi connectivity index (χ0) is 22.0. The topological polar surface area (TPSA) is 81.9 Å². The molecule has 2 heterocycles. The maximum Gasteiger partial charge on any atom is 0.321 e. The molecule has 1 N–H and O–H groups in total. The average Bonchev–Trinajstić information content (AvgIpc) is 3.12. The summed E-state index contributed by atoms with van der Waals surface area (Å²) in [6, 6.07) is 10.1. The summed E-state index contributed by atoms with van der Waals surface area (Å²) >= 11 is 0. The molecule has 0 bridgehead atoms. The third kappa shape index (κ3) is 4.40. The number of amides is 1. The smallest absolute Gasteiger partial charge is 0.321 e. The van der Waals surface area contributed by atoms with E-state index in [0.29, 0.717) is 11.4 Å². The van der Waals surface area contributed by atoms with Crippen LogP contribution in [0.1, 0.15) is 15.9 Å². The van der Waals surface area contributed by atoms with Gasteiger partial charge in [0.05, 0.1) is 5.56 Å². The van der Waals surface area contributed by atoms with Crippen LogP contribution in [0.3, 0.4) is 0 Å². The first-order chi connectivity index (χ1) is 14.9. The molecule has 0 radical (unpaired) electrons. The largest absolute Gasteiger partial charge is 0.424 e. The van der Waals surface area contributed by atoms with Crippen molar-refractivity contribution in [3.8, 4) is 23.0 Å². The van der Waals surface area contributed by atoms with Crippen LogP contribution in [0.25, 0.3) is 11.3 Å². The first kappa shape index (κ1) is 20.1. The number of benzene rings is 2. The maximum absolute atomic E-state index is 14.3. The van der Waals surface area contributed by atoms with Gasteiger partial charge in [-0.25, -0.2) is 18.7 Å². The highest BCUT2D eigenvalue weighted by molar-refractivity contribution is 6.08. The molecule has 9 heteroatoms. The molecule has 0 saturated heterocycles. The fourth-order valence-electron chi connectivity index (χ4n) is 3.01. The number of hydrogen-bond donors (Lipinski definition) is 1. The van der Waals surface area contributed by atoms with Crippen LogP contribution in [-0.2, 0) is 7.05 Å². The van der Waals surface area contributed by atoms with E-state index < -0.39 is 17.5 Å². The van der Waals surface area contributed by atoms with Crippen LogP contribution in [0.5, 0.6) is 11.8 Å². The lowest BCUT2D eigenvalue weighted by atomic mass is 10.1. The second-order valence-electron chi connectivity index (χ2n) is 6.75. The molecule has 31 heavy (non-hydrogen) atoms. The molecule has 0 unspecified atom stereocenters. The first-order valence-corrected chi connectivity index (χ1v) is 9.26. The number of halogens is 2. The molecule has 4 rings (SSSR count). The van der Waals surface area contributed by atoms with Crippen LogP contribution >= 0.6 is 0 Å². The zero-order valence-corrected chi connectivity index (χ0v) is 16.6. The van der Waals surface area contributed by atoms with Crippen LogP contribution in [0.4, 0.5) is 14.5 Å². The minimum atomic E-state index is -0.798. The van der Waals surface area contributed by atoms with Gasteiger partial charge >= 0.3 is 6.01 Å². The van der Waals surface area contributed by atoms with Crippen molar-refractivity contribution in [3.63, 3.8) is 0 Å². The van der Waals surface area contributed by atoms with E-state index >= 15 is 0 Å². The molecule has 0 atom stereocenters. The van der Waals surface area contributed by atoms with Gasteiger partial charge in [0.25, 0.3) is 5.91 Å². The Morgan fingerprint density at radius 1 is 1.10 bits per heavy atom. The van der Waals surface area contributed by atoms with Gasteiger partial charge in [-0.2, -0.15) is 5.10 Å². The summed E-state index contributed by atoms with van der Waals surface area (Å²) < 4.78 is 34.5. The minimum Gasteiger partial charge on any atom is -0.424 e. The normalized spacial score (nSPS) is 10.7. The summed E-state index contributed by atoms with van der Waals surface area (Å²) in [4.78, 5) is 20.9. The van der Waals surface area contributed by atoms with Crippen molar-refractivity contribution in [1.29, 1.82) is 0 Å². The molecule has 7 nitrogen and oxygen atoms in total. The van der Waals surface area contributed by atoms with E-state index in [4.69, 9.17) is 4.74 Å². The number of aromatic nitrogens is 4. The van der Waals surface area contributed by atoms with Gasteiger partial charge < -0.3 is 10.1 Å². The van der Waals surface area contributed by atoms with Gasteiger partial charge in [-0.15, -0.1) is 0 Å². The van der Waals surface area contributed by atoms with Crippen molar-refractivity contribution in [2.24, 2.45) is 7.05 Å². The third-order valence-corrected chi connectivity index (χ3v) is 4.46. The summed E-state index contributed by atoms with van der Waals surface area (Å²) in [5.74, 6) is -1.47. The Hall–Kier alpha value is -4.14. The quantitative estimate of drug-likeness (QED) is 0.513. The van der Waals surface area contributed by atoms with Crippen LogP contribution in [0, 0.1) is 18.6 Å². The van der Waals surface area contributed by atoms with E-state index in [1.54, 1.807) is 50.6 Å². The summed E-state index contributed by atoms with van der Waals surface area (Å²) in [6.07, 6.45) is 4.62. The Balaban J connectivity index is 1.58. The number of anilines is 1. The number of carbonyl (C=O) groups is 1. The Morgan fingerprint density at radius 2 is 1.87 bits per heavy atom. The van der Waals surface area contributed by atoms with Gasteiger partial charge in [-0.05, 0) is 48.9 Å². The lowest BCUT2D eigenvalue weighted by Gasteiger charge is -2.11. The minimum absolute atomic E-state index is 0.0375. The summed E-state index contributed by atoms with van der Waals surface area (Å²) in [5, 5.41) is 6.97. The van der Waals surface area contributed by atoms with Gasteiger partial charge in [-0.1, -0.05) is 0 Å². The molecule has 2 aromatic heterocycles. The second-order valence-corrected chi connectivity index (χ2v) is 6.75. The highest BCUT2D eigenvalue weighted by Gasteiger charge is 2.20. The number of nitrogens with one attached hydrogen (secondary N) is 1.